The molecule has 3 rings (SSSR count). The van der Waals surface area contributed by atoms with Gasteiger partial charge in [-0.2, -0.15) is 0 Å². The van der Waals surface area contributed by atoms with Gasteiger partial charge in [-0.05, 0) is 36.4 Å². The van der Waals surface area contributed by atoms with E-state index in [1.54, 1.807) is 30.3 Å². The Kier molecular flexibility index (Phi) is 7.34. The molecule has 0 aromatic heterocycles. The van der Waals surface area contributed by atoms with Crippen molar-refractivity contribution < 1.29 is 38.9 Å². The lowest BCUT2D eigenvalue weighted by Crippen LogP contribution is -2.27. The molecule has 0 radical (unpaired) electrons. The second kappa shape index (κ2) is 10.2. The van der Waals surface area contributed by atoms with E-state index in [4.69, 9.17) is 24.2 Å². The maximum Gasteiger partial charge on any atom is 0.412 e. The Balaban J connectivity index is 1.84. The molecule has 0 saturated heterocycles. The summed E-state index contributed by atoms with van der Waals surface area (Å²) in [5.41, 5.74) is 2.09. The van der Waals surface area contributed by atoms with Gasteiger partial charge in [0.2, 0.25) is 6.79 Å². The van der Waals surface area contributed by atoms with Crippen molar-refractivity contribution in [3.63, 3.8) is 0 Å². The van der Waals surface area contributed by atoms with E-state index < -0.39 is 24.2 Å². The lowest BCUT2D eigenvalue weighted by molar-refractivity contribution is -0.124. The zero-order valence-electron chi connectivity index (χ0n) is 16.2. The molecule has 10 nitrogen and oxygen atoms in total. The van der Waals surface area contributed by atoms with Gasteiger partial charge in [0.15, 0.2) is 17.6 Å². The maximum atomic E-state index is 12.6. The number of anilines is 1. The summed E-state index contributed by atoms with van der Waals surface area (Å²) in [5, 5.41) is 21.6. The molecule has 0 fully saturated rings. The minimum absolute atomic E-state index is 0.0940. The summed E-state index contributed by atoms with van der Waals surface area (Å²) in [6, 6.07) is 9.42. The molecular weight excluding hydrogens is 476 g/mol. The lowest BCUT2D eigenvalue weighted by Gasteiger charge is -2.25. The van der Waals surface area contributed by atoms with E-state index in [0.29, 0.717) is 21.7 Å². The van der Waals surface area contributed by atoms with Crippen LogP contribution in [0.25, 0.3) is 0 Å². The van der Waals surface area contributed by atoms with E-state index in [0.717, 1.165) is 6.08 Å². The average molecular weight is 495 g/mol. The second-order valence-corrected chi connectivity index (χ2v) is 7.17. The van der Waals surface area contributed by atoms with Crippen molar-refractivity contribution in [1.82, 2.24) is 5.48 Å². The largest absolute Gasteiger partial charge is 0.508 e. The van der Waals surface area contributed by atoms with Crippen LogP contribution in [0.4, 0.5) is 10.5 Å². The third-order valence-electron chi connectivity index (χ3n) is 4.27. The first-order valence-electron chi connectivity index (χ1n) is 8.92. The third-order valence-corrected chi connectivity index (χ3v) is 4.76. The highest BCUT2D eigenvalue weighted by Gasteiger charge is 2.29. The molecule has 0 bridgehead atoms. The lowest BCUT2D eigenvalue weighted by atomic mass is 10.0. The molecule has 1 aliphatic heterocycles. The Labute approximate surface area is 185 Å². The Morgan fingerprint density at radius 2 is 1.97 bits per heavy atom. The van der Waals surface area contributed by atoms with Crippen molar-refractivity contribution >= 4 is 33.6 Å². The van der Waals surface area contributed by atoms with Gasteiger partial charge in [0.05, 0.1) is 0 Å². The number of amides is 2. The highest BCUT2D eigenvalue weighted by atomic mass is 79.9. The van der Waals surface area contributed by atoms with E-state index >= 15 is 0 Å². The number of carbonyl (C=O) groups excluding carboxylic acids is 2. The number of nitrogens with one attached hydrogen (secondary N) is 2. The number of hydroxylamine groups is 1. The molecule has 0 spiro atoms. The predicted octanol–water partition coefficient (Wildman–Crippen LogP) is 3.25. The number of hydrogen-bond donors (Lipinski definition) is 4. The number of benzene rings is 2. The summed E-state index contributed by atoms with van der Waals surface area (Å²) in [6.45, 7) is 0.0940. The van der Waals surface area contributed by atoms with Crippen molar-refractivity contribution in [2.75, 3.05) is 19.2 Å². The van der Waals surface area contributed by atoms with E-state index in [-0.39, 0.29) is 18.1 Å². The van der Waals surface area contributed by atoms with Gasteiger partial charge in [-0.1, -0.05) is 15.9 Å². The second-order valence-electron chi connectivity index (χ2n) is 6.26. The first-order valence-corrected chi connectivity index (χ1v) is 9.71. The Morgan fingerprint density at radius 1 is 1.19 bits per heavy atom. The number of hydrogen-bond acceptors (Lipinski definition) is 8. The highest BCUT2D eigenvalue weighted by Crippen LogP contribution is 2.36. The van der Waals surface area contributed by atoms with Crippen LogP contribution in [0, 0.1) is 0 Å². The summed E-state index contributed by atoms with van der Waals surface area (Å²) in [5.74, 6) is 0.0875. The van der Waals surface area contributed by atoms with Gasteiger partial charge >= 0.3 is 6.09 Å². The van der Waals surface area contributed by atoms with Gasteiger partial charge in [0, 0.05) is 35.0 Å². The van der Waals surface area contributed by atoms with Crippen LogP contribution < -0.4 is 20.3 Å². The number of methoxy groups -OCH3 is 1. The first kappa shape index (κ1) is 22.4. The SMILES string of the molecule is CO[C@H](/C=C/C(=O)NO)[C@H](OC(=O)Nc1ccc2c(c1)OCO2)c1cc(Br)ccc1O. The van der Waals surface area contributed by atoms with Crippen LogP contribution in [0.3, 0.4) is 0 Å². The van der Waals surface area contributed by atoms with Crippen molar-refractivity contribution in [2.24, 2.45) is 0 Å². The molecule has 2 atom stereocenters. The van der Waals surface area contributed by atoms with Crippen LogP contribution in [0.2, 0.25) is 0 Å². The summed E-state index contributed by atoms with van der Waals surface area (Å²) >= 11 is 3.31. The molecule has 2 aromatic rings. The number of carbonyl (C=O) groups is 2. The third kappa shape index (κ3) is 5.66. The fraction of sp³-hybridized carbons (Fsp3) is 0.200. The quantitative estimate of drug-likeness (QED) is 0.261. The number of ether oxygens (including phenoxy) is 4. The van der Waals surface area contributed by atoms with Crippen LogP contribution in [0.15, 0.2) is 53.0 Å². The van der Waals surface area contributed by atoms with Gasteiger partial charge in [-0.25, -0.2) is 10.3 Å². The number of rotatable bonds is 7. The Morgan fingerprint density at radius 3 is 2.71 bits per heavy atom. The zero-order valence-corrected chi connectivity index (χ0v) is 17.8. The van der Waals surface area contributed by atoms with Crippen LogP contribution in [0.5, 0.6) is 17.2 Å². The number of phenolic OH excluding ortho intramolecular Hbond substituents is 1. The first-order chi connectivity index (χ1) is 14.9. The number of aromatic hydroxyl groups is 1. The highest BCUT2D eigenvalue weighted by molar-refractivity contribution is 9.10. The molecule has 4 N–H and O–H groups in total. The van der Waals surface area contributed by atoms with Crippen molar-refractivity contribution in [3.8, 4) is 17.2 Å². The smallest absolute Gasteiger partial charge is 0.412 e. The summed E-state index contributed by atoms with van der Waals surface area (Å²) in [7, 11) is 1.34. The minimum Gasteiger partial charge on any atom is -0.508 e. The van der Waals surface area contributed by atoms with Crippen LogP contribution in [0.1, 0.15) is 11.7 Å². The number of fused-ring (bicyclic) bond motifs is 1. The molecule has 0 saturated carbocycles. The van der Waals surface area contributed by atoms with Crippen molar-refractivity contribution in [3.05, 3.63) is 58.6 Å². The summed E-state index contributed by atoms with van der Waals surface area (Å²) in [6.07, 6.45) is -0.663. The Bertz CT molecular complexity index is 997. The molecule has 0 aliphatic carbocycles. The molecular formula is C20H19BrN2O8. The van der Waals surface area contributed by atoms with Crippen molar-refractivity contribution in [1.29, 1.82) is 0 Å². The molecule has 0 unspecified atom stereocenters. The molecule has 2 amide bonds. The monoisotopic (exact) mass is 494 g/mol. The molecule has 2 aromatic carbocycles. The van der Waals surface area contributed by atoms with Crippen LogP contribution >= 0.6 is 15.9 Å². The van der Waals surface area contributed by atoms with E-state index in [2.05, 4.69) is 21.2 Å². The zero-order chi connectivity index (χ0) is 22.4. The molecule has 31 heavy (non-hydrogen) atoms. The van der Waals surface area contributed by atoms with Gasteiger partial charge in [0.1, 0.15) is 11.9 Å². The standard InChI is InChI=1S/C20H19BrN2O8/c1-28-16(6-7-18(25)23-27)19(13-8-11(21)2-4-14(13)24)31-20(26)22-12-3-5-15-17(9-12)30-10-29-15/h2-9,16,19,24,27H,10H2,1H3,(H,22,26)(H,23,25)/b7-6+/t16-,19-/m1/s1. The molecule has 11 heteroatoms. The summed E-state index contributed by atoms with van der Waals surface area (Å²) < 4.78 is 22.0. The summed E-state index contributed by atoms with van der Waals surface area (Å²) in [4.78, 5) is 24.0. The average Bonchev–Trinajstić information content (AvgIpc) is 3.22. The number of phenols is 1. The van der Waals surface area contributed by atoms with E-state index in [1.165, 1.54) is 24.7 Å². The fourth-order valence-corrected chi connectivity index (χ4v) is 3.20. The normalized spacial score (nSPS) is 14.2. The van der Waals surface area contributed by atoms with Gasteiger partial charge in [-0.3, -0.25) is 15.3 Å². The van der Waals surface area contributed by atoms with Crippen molar-refractivity contribution in [2.45, 2.75) is 12.2 Å². The van der Waals surface area contributed by atoms with Crippen LogP contribution in [-0.4, -0.2) is 42.3 Å². The van der Waals surface area contributed by atoms with E-state index in [1.807, 2.05) is 0 Å². The van der Waals surface area contributed by atoms with Crippen LogP contribution in [-0.2, 0) is 14.3 Å². The molecule has 1 heterocycles. The number of halogens is 1. The molecule has 164 valence electrons. The van der Waals surface area contributed by atoms with E-state index in [9.17, 15) is 14.7 Å². The Hall–Kier alpha value is -3.28. The van der Waals surface area contributed by atoms with Gasteiger partial charge < -0.3 is 24.1 Å². The van der Waals surface area contributed by atoms with Gasteiger partial charge in [0.25, 0.3) is 5.91 Å². The maximum absolute atomic E-state index is 12.6. The van der Waals surface area contributed by atoms with Gasteiger partial charge in [-0.15, -0.1) is 0 Å². The predicted molar refractivity (Wildman–Crippen MR) is 111 cm³/mol. The topological polar surface area (TPSA) is 136 Å². The molecule has 1 aliphatic rings. The minimum atomic E-state index is -1.14. The fourth-order valence-electron chi connectivity index (χ4n) is 2.82.